The Morgan fingerprint density at radius 1 is 1.18 bits per heavy atom. The van der Waals surface area contributed by atoms with Gasteiger partial charge in [0, 0.05) is 31.2 Å². The molecule has 3 aromatic rings. The lowest BCUT2D eigenvalue weighted by Crippen LogP contribution is -2.35. The van der Waals surface area contributed by atoms with Crippen molar-refractivity contribution in [3.63, 3.8) is 0 Å². The van der Waals surface area contributed by atoms with E-state index in [0.29, 0.717) is 23.6 Å². The minimum absolute atomic E-state index is 0.126. The third-order valence-electron chi connectivity index (χ3n) is 6.46. The van der Waals surface area contributed by atoms with Crippen LogP contribution in [-0.2, 0) is 6.54 Å². The van der Waals surface area contributed by atoms with Gasteiger partial charge in [-0.3, -0.25) is 9.20 Å². The van der Waals surface area contributed by atoms with E-state index in [4.69, 9.17) is 0 Å². The highest BCUT2D eigenvalue weighted by molar-refractivity contribution is 5.56. The first kappa shape index (κ1) is 19.9. The summed E-state index contributed by atoms with van der Waals surface area (Å²) in [7, 11) is 0. The van der Waals surface area contributed by atoms with Crippen LogP contribution < -0.4 is 16.2 Å². The summed E-state index contributed by atoms with van der Waals surface area (Å²) >= 11 is 0. The van der Waals surface area contributed by atoms with E-state index in [0.717, 1.165) is 24.7 Å². The van der Waals surface area contributed by atoms with Crippen molar-refractivity contribution in [2.24, 2.45) is 5.92 Å². The molecule has 1 unspecified atom stereocenters. The largest absolute Gasteiger partial charge is 0.362 e. The van der Waals surface area contributed by atoms with Crippen LogP contribution in [0.3, 0.4) is 0 Å². The summed E-state index contributed by atoms with van der Waals surface area (Å²) in [6.07, 6.45) is 16.4. The van der Waals surface area contributed by atoms with E-state index >= 15 is 0 Å². The molecule has 33 heavy (non-hydrogen) atoms. The molecule has 0 bridgehead atoms. The predicted octanol–water partition coefficient (Wildman–Crippen LogP) is 1.87. The van der Waals surface area contributed by atoms with E-state index in [1.807, 2.05) is 12.3 Å². The summed E-state index contributed by atoms with van der Waals surface area (Å²) in [5, 5.41) is 15.6. The van der Waals surface area contributed by atoms with Crippen LogP contribution in [0, 0.1) is 5.92 Å². The van der Waals surface area contributed by atoms with Gasteiger partial charge in [0.25, 0.3) is 5.56 Å². The van der Waals surface area contributed by atoms with Crippen LogP contribution in [0.15, 0.2) is 77.3 Å². The highest BCUT2D eigenvalue weighted by Gasteiger charge is 2.23. The SMILES string of the molecule is O=c1cc(-c2cn(CC3=CN4C=C(CNCC5CCC5)C=CC4N3)nn2)nc2ccccn12. The zero-order valence-electron chi connectivity index (χ0n) is 18.3. The number of rotatable bonds is 7. The van der Waals surface area contributed by atoms with Crippen LogP contribution in [-0.4, -0.2) is 48.5 Å². The molecule has 3 aliphatic rings. The van der Waals surface area contributed by atoms with Crippen molar-refractivity contribution in [2.75, 3.05) is 13.1 Å². The van der Waals surface area contributed by atoms with Gasteiger partial charge in [0.1, 0.15) is 23.2 Å². The van der Waals surface area contributed by atoms with Crippen molar-refractivity contribution in [1.29, 1.82) is 0 Å². The molecule has 0 saturated heterocycles. The Balaban J connectivity index is 1.12. The smallest absolute Gasteiger partial charge is 0.258 e. The summed E-state index contributed by atoms with van der Waals surface area (Å²) < 4.78 is 3.27. The molecule has 9 heteroatoms. The van der Waals surface area contributed by atoms with Crippen molar-refractivity contribution < 1.29 is 0 Å². The zero-order valence-corrected chi connectivity index (χ0v) is 18.3. The van der Waals surface area contributed by atoms with Gasteiger partial charge in [-0.2, -0.15) is 0 Å². The van der Waals surface area contributed by atoms with Crippen LogP contribution in [0.25, 0.3) is 17.0 Å². The summed E-state index contributed by atoms with van der Waals surface area (Å²) in [6.45, 7) is 2.56. The van der Waals surface area contributed by atoms with Gasteiger partial charge in [-0.15, -0.1) is 5.10 Å². The molecular formula is C24H26N8O. The Bertz CT molecular complexity index is 1330. The molecule has 1 fully saturated rings. The molecule has 0 spiro atoms. The zero-order chi connectivity index (χ0) is 22.2. The minimum atomic E-state index is -0.140. The lowest BCUT2D eigenvalue weighted by Gasteiger charge is -2.27. The summed E-state index contributed by atoms with van der Waals surface area (Å²) in [5.41, 5.74) is 3.87. The van der Waals surface area contributed by atoms with E-state index in [1.54, 1.807) is 23.0 Å². The van der Waals surface area contributed by atoms with Crippen molar-refractivity contribution >= 4 is 5.65 Å². The summed E-state index contributed by atoms with van der Waals surface area (Å²) in [5.74, 6) is 0.863. The molecule has 0 amide bonds. The van der Waals surface area contributed by atoms with E-state index in [-0.39, 0.29) is 11.7 Å². The molecule has 2 aliphatic heterocycles. The fourth-order valence-electron chi connectivity index (χ4n) is 4.44. The molecule has 168 valence electrons. The maximum atomic E-state index is 12.4. The fourth-order valence-corrected chi connectivity index (χ4v) is 4.44. The Hall–Kier alpha value is -3.72. The van der Waals surface area contributed by atoms with Gasteiger partial charge in [0.15, 0.2) is 0 Å². The first-order chi connectivity index (χ1) is 16.2. The Kier molecular flexibility index (Phi) is 5.03. The normalized spacial score (nSPS) is 19.8. The van der Waals surface area contributed by atoms with Crippen molar-refractivity contribution in [3.8, 4) is 11.4 Å². The molecule has 1 aliphatic carbocycles. The van der Waals surface area contributed by atoms with Crippen molar-refractivity contribution in [2.45, 2.75) is 32.0 Å². The van der Waals surface area contributed by atoms with Gasteiger partial charge in [0.2, 0.25) is 0 Å². The Morgan fingerprint density at radius 3 is 3.00 bits per heavy atom. The molecule has 1 saturated carbocycles. The van der Waals surface area contributed by atoms with Crippen LogP contribution >= 0.6 is 0 Å². The number of nitrogens with zero attached hydrogens (tertiary/aromatic N) is 6. The summed E-state index contributed by atoms with van der Waals surface area (Å²) in [6, 6.07) is 6.96. The van der Waals surface area contributed by atoms with Crippen molar-refractivity contribution in [1.82, 2.24) is 39.9 Å². The van der Waals surface area contributed by atoms with Crippen LogP contribution in [0.5, 0.6) is 0 Å². The van der Waals surface area contributed by atoms with Gasteiger partial charge >= 0.3 is 0 Å². The highest BCUT2D eigenvalue weighted by atomic mass is 16.1. The second-order valence-corrected chi connectivity index (χ2v) is 8.89. The average Bonchev–Trinajstić information content (AvgIpc) is 3.42. The molecule has 5 heterocycles. The topological polar surface area (TPSA) is 92.4 Å². The maximum absolute atomic E-state index is 12.4. The minimum Gasteiger partial charge on any atom is -0.362 e. The van der Waals surface area contributed by atoms with E-state index in [1.165, 1.54) is 35.3 Å². The predicted molar refractivity (Wildman–Crippen MR) is 125 cm³/mol. The number of fused-ring (bicyclic) bond motifs is 2. The number of nitrogens with one attached hydrogen (secondary N) is 2. The molecule has 2 N–H and O–H groups in total. The standard InChI is InChI=1S/C24H26N8O/c33-24-10-20(27-23-6-1-2-9-32(23)24)21-16-31(29-28-21)15-19-14-30-13-18(7-8-22(30)26-19)12-25-11-17-4-3-5-17/h1-2,6-10,13-14,16-17,22,25-26H,3-5,11-12,15H2. The summed E-state index contributed by atoms with van der Waals surface area (Å²) in [4.78, 5) is 19.1. The van der Waals surface area contributed by atoms with Crippen LogP contribution in [0.1, 0.15) is 19.3 Å². The van der Waals surface area contributed by atoms with Crippen molar-refractivity contribution in [3.05, 3.63) is 82.8 Å². The quantitative estimate of drug-likeness (QED) is 0.577. The Morgan fingerprint density at radius 2 is 2.12 bits per heavy atom. The third-order valence-corrected chi connectivity index (χ3v) is 6.46. The number of aromatic nitrogens is 5. The molecule has 9 nitrogen and oxygen atoms in total. The fraction of sp³-hybridized carbons (Fsp3) is 0.333. The van der Waals surface area contributed by atoms with Crippen LogP contribution in [0.4, 0.5) is 0 Å². The van der Waals surface area contributed by atoms with Gasteiger partial charge in [-0.25, -0.2) is 9.67 Å². The molecule has 0 radical (unpaired) electrons. The first-order valence-corrected chi connectivity index (χ1v) is 11.4. The van der Waals surface area contributed by atoms with Crippen LogP contribution in [0.2, 0.25) is 0 Å². The van der Waals surface area contributed by atoms with Gasteiger partial charge in [-0.1, -0.05) is 23.8 Å². The second kappa shape index (κ2) is 8.32. The molecular weight excluding hydrogens is 416 g/mol. The Labute approximate surface area is 191 Å². The van der Waals surface area contributed by atoms with Gasteiger partial charge in [-0.05, 0) is 49.1 Å². The second-order valence-electron chi connectivity index (χ2n) is 8.89. The average molecular weight is 443 g/mol. The maximum Gasteiger partial charge on any atom is 0.258 e. The number of pyridine rings is 1. The van der Waals surface area contributed by atoms with E-state index in [2.05, 4.69) is 55.4 Å². The lowest BCUT2D eigenvalue weighted by atomic mass is 9.85. The number of hydrogen-bond acceptors (Lipinski definition) is 7. The van der Waals surface area contributed by atoms with E-state index in [9.17, 15) is 4.79 Å². The number of hydrogen-bond donors (Lipinski definition) is 2. The molecule has 3 aromatic heterocycles. The third kappa shape index (κ3) is 4.07. The molecule has 1 atom stereocenters. The lowest BCUT2D eigenvalue weighted by molar-refractivity contribution is 0.305. The first-order valence-electron chi connectivity index (χ1n) is 11.4. The van der Waals surface area contributed by atoms with Gasteiger partial charge in [0.05, 0.1) is 18.4 Å². The number of allylic oxidation sites excluding steroid dienone is 1. The van der Waals surface area contributed by atoms with Gasteiger partial charge < -0.3 is 15.5 Å². The monoisotopic (exact) mass is 442 g/mol. The van der Waals surface area contributed by atoms with E-state index < -0.39 is 0 Å². The molecule has 0 aromatic carbocycles. The molecule has 6 rings (SSSR count). The highest BCUT2D eigenvalue weighted by Crippen LogP contribution is 2.25.